The molecule has 2 heterocycles. The van der Waals surface area contributed by atoms with Crippen LogP contribution in [0.5, 0.6) is 0 Å². The van der Waals surface area contributed by atoms with Gasteiger partial charge < -0.3 is 5.32 Å². The van der Waals surface area contributed by atoms with E-state index in [0.29, 0.717) is 0 Å². The van der Waals surface area contributed by atoms with Crippen molar-refractivity contribution in [1.29, 1.82) is 0 Å². The molecule has 2 aromatic rings. The van der Waals surface area contributed by atoms with Crippen LogP contribution in [0.25, 0.3) is 0 Å². The summed E-state index contributed by atoms with van der Waals surface area (Å²) in [5, 5.41) is 5.40. The molecule has 1 N–H and O–H groups in total. The first-order valence-corrected chi connectivity index (χ1v) is 4.99. The van der Waals surface area contributed by atoms with E-state index >= 15 is 0 Å². The summed E-state index contributed by atoms with van der Waals surface area (Å²) in [4.78, 5) is 5.30. The van der Waals surface area contributed by atoms with E-state index in [-0.39, 0.29) is 0 Å². The van der Waals surface area contributed by atoms with Crippen molar-refractivity contribution < 1.29 is 0 Å². The molecule has 66 valence electrons. The zero-order valence-corrected chi connectivity index (χ0v) is 7.92. The molecule has 0 aliphatic rings. The molecule has 0 spiro atoms. The Balaban J connectivity index is 1.94. The summed E-state index contributed by atoms with van der Waals surface area (Å²) in [6.07, 6.45) is 3.58. The standard InChI is InChI=1S/C10H10N2S/c1-2-10(13-7-1)8-12-9-3-5-11-6-4-9/h1-7H,8H2,(H,11,12). The third kappa shape index (κ3) is 2.29. The zero-order valence-electron chi connectivity index (χ0n) is 7.10. The van der Waals surface area contributed by atoms with Gasteiger partial charge in [0.25, 0.3) is 0 Å². The zero-order chi connectivity index (χ0) is 8.93. The van der Waals surface area contributed by atoms with Gasteiger partial charge in [0, 0.05) is 29.5 Å². The first kappa shape index (κ1) is 8.26. The highest BCUT2D eigenvalue weighted by Gasteiger charge is 1.92. The average Bonchev–Trinajstić information content (AvgIpc) is 2.69. The highest BCUT2D eigenvalue weighted by molar-refractivity contribution is 7.09. The van der Waals surface area contributed by atoms with Gasteiger partial charge in [0.05, 0.1) is 0 Å². The second-order valence-electron chi connectivity index (χ2n) is 2.67. The van der Waals surface area contributed by atoms with E-state index in [4.69, 9.17) is 0 Å². The van der Waals surface area contributed by atoms with E-state index in [1.807, 2.05) is 12.1 Å². The van der Waals surface area contributed by atoms with Crippen molar-refractivity contribution in [2.75, 3.05) is 5.32 Å². The van der Waals surface area contributed by atoms with Crippen LogP contribution in [-0.2, 0) is 6.54 Å². The van der Waals surface area contributed by atoms with Gasteiger partial charge in [0.15, 0.2) is 0 Å². The largest absolute Gasteiger partial charge is 0.380 e. The molecule has 0 bridgehead atoms. The summed E-state index contributed by atoms with van der Waals surface area (Å²) in [7, 11) is 0. The van der Waals surface area contributed by atoms with Crippen LogP contribution in [0.2, 0.25) is 0 Å². The lowest BCUT2D eigenvalue weighted by molar-refractivity contribution is 1.18. The van der Waals surface area contributed by atoms with Crippen molar-refractivity contribution >= 4 is 17.0 Å². The number of aromatic nitrogens is 1. The third-order valence-corrected chi connectivity index (χ3v) is 2.60. The summed E-state index contributed by atoms with van der Waals surface area (Å²) < 4.78 is 0. The quantitative estimate of drug-likeness (QED) is 0.805. The van der Waals surface area contributed by atoms with Gasteiger partial charge in [-0.2, -0.15) is 0 Å². The molecule has 0 amide bonds. The Hall–Kier alpha value is -1.35. The molecule has 0 saturated carbocycles. The molecular weight excluding hydrogens is 180 g/mol. The molecule has 0 atom stereocenters. The van der Waals surface area contributed by atoms with Crippen molar-refractivity contribution in [1.82, 2.24) is 4.98 Å². The minimum atomic E-state index is 0.891. The number of rotatable bonds is 3. The number of thiophene rings is 1. The van der Waals surface area contributed by atoms with Gasteiger partial charge in [-0.3, -0.25) is 4.98 Å². The Kier molecular flexibility index (Phi) is 2.57. The molecule has 2 nitrogen and oxygen atoms in total. The fourth-order valence-electron chi connectivity index (χ4n) is 1.07. The Labute approximate surface area is 81.3 Å². The number of anilines is 1. The summed E-state index contributed by atoms with van der Waals surface area (Å²) in [6.45, 7) is 0.891. The van der Waals surface area contributed by atoms with Gasteiger partial charge >= 0.3 is 0 Å². The highest BCUT2D eigenvalue weighted by Crippen LogP contribution is 2.11. The molecule has 2 rings (SSSR count). The van der Waals surface area contributed by atoms with E-state index in [1.165, 1.54) is 4.88 Å². The van der Waals surface area contributed by atoms with Gasteiger partial charge in [-0.1, -0.05) is 6.07 Å². The van der Waals surface area contributed by atoms with Crippen LogP contribution in [0.3, 0.4) is 0 Å². The fraction of sp³-hybridized carbons (Fsp3) is 0.100. The first-order valence-electron chi connectivity index (χ1n) is 4.11. The highest BCUT2D eigenvalue weighted by atomic mass is 32.1. The molecule has 0 aromatic carbocycles. The second-order valence-corrected chi connectivity index (χ2v) is 3.70. The van der Waals surface area contributed by atoms with Crippen LogP contribution < -0.4 is 5.32 Å². The topological polar surface area (TPSA) is 24.9 Å². The summed E-state index contributed by atoms with van der Waals surface area (Å²) in [5.74, 6) is 0. The minimum Gasteiger partial charge on any atom is -0.380 e. The maximum atomic E-state index is 3.95. The first-order chi connectivity index (χ1) is 6.45. The lowest BCUT2D eigenvalue weighted by atomic mass is 10.4. The predicted molar refractivity (Wildman–Crippen MR) is 55.9 cm³/mol. The van der Waals surface area contributed by atoms with Crippen LogP contribution >= 0.6 is 11.3 Å². The van der Waals surface area contributed by atoms with Crippen molar-refractivity contribution in [3.63, 3.8) is 0 Å². The van der Waals surface area contributed by atoms with Gasteiger partial charge in [0.2, 0.25) is 0 Å². The smallest absolute Gasteiger partial charge is 0.0494 e. The van der Waals surface area contributed by atoms with Crippen LogP contribution in [0.15, 0.2) is 42.0 Å². The Morgan fingerprint density at radius 1 is 1.23 bits per heavy atom. The normalized spacial score (nSPS) is 9.85. The Bertz CT molecular complexity index is 342. The van der Waals surface area contributed by atoms with Crippen molar-refractivity contribution in [3.05, 3.63) is 46.9 Å². The van der Waals surface area contributed by atoms with E-state index in [1.54, 1.807) is 23.7 Å². The van der Waals surface area contributed by atoms with Gasteiger partial charge in [-0.25, -0.2) is 0 Å². The van der Waals surface area contributed by atoms with Crippen LogP contribution in [0.1, 0.15) is 4.88 Å². The van der Waals surface area contributed by atoms with Crippen molar-refractivity contribution in [2.24, 2.45) is 0 Å². The van der Waals surface area contributed by atoms with E-state index in [2.05, 4.69) is 27.8 Å². The Morgan fingerprint density at radius 3 is 2.77 bits per heavy atom. The third-order valence-electron chi connectivity index (χ3n) is 1.73. The summed E-state index contributed by atoms with van der Waals surface area (Å²) in [5.41, 5.74) is 1.11. The number of nitrogens with one attached hydrogen (secondary N) is 1. The van der Waals surface area contributed by atoms with Crippen molar-refractivity contribution in [3.8, 4) is 0 Å². The lowest BCUT2D eigenvalue weighted by Gasteiger charge is -2.02. The monoisotopic (exact) mass is 190 g/mol. The summed E-state index contributed by atoms with van der Waals surface area (Å²) in [6, 6.07) is 8.12. The summed E-state index contributed by atoms with van der Waals surface area (Å²) >= 11 is 1.76. The molecule has 0 saturated heterocycles. The Morgan fingerprint density at radius 2 is 2.08 bits per heavy atom. The van der Waals surface area contributed by atoms with E-state index in [9.17, 15) is 0 Å². The minimum absolute atomic E-state index is 0.891. The van der Waals surface area contributed by atoms with Crippen molar-refractivity contribution in [2.45, 2.75) is 6.54 Å². The molecule has 2 aromatic heterocycles. The molecule has 0 fully saturated rings. The van der Waals surface area contributed by atoms with Crippen LogP contribution in [0.4, 0.5) is 5.69 Å². The van der Waals surface area contributed by atoms with Gasteiger partial charge in [-0.05, 0) is 23.6 Å². The maximum Gasteiger partial charge on any atom is 0.0494 e. The molecule has 0 aliphatic heterocycles. The maximum absolute atomic E-state index is 3.95. The predicted octanol–water partition coefficient (Wildman–Crippen LogP) is 2.76. The van der Waals surface area contributed by atoms with Crippen LogP contribution in [-0.4, -0.2) is 4.98 Å². The van der Waals surface area contributed by atoms with Gasteiger partial charge in [-0.15, -0.1) is 11.3 Å². The van der Waals surface area contributed by atoms with Gasteiger partial charge in [0.1, 0.15) is 0 Å². The molecule has 0 unspecified atom stereocenters. The number of nitrogens with zero attached hydrogens (tertiary/aromatic N) is 1. The second kappa shape index (κ2) is 4.05. The molecule has 3 heteroatoms. The van der Waals surface area contributed by atoms with E-state index in [0.717, 1.165) is 12.2 Å². The SMILES string of the molecule is c1csc(CNc2ccncc2)c1. The molecule has 0 radical (unpaired) electrons. The van der Waals surface area contributed by atoms with Crippen LogP contribution in [0, 0.1) is 0 Å². The van der Waals surface area contributed by atoms with E-state index < -0.39 is 0 Å². The number of pyridine rings is 1. The molecular formula is C10H10N2S. The molecule has 0 aliphatic carbocycles. The molecule has 13 heavy (non-hydrogen) atoms. The number of hydrogen-bond acceptors (Lipinski definition) is 3. The average molecular weight is 190 g/mol. The number of hydrogen-bond donors (Lipinski definition) is 1. The fourth-order valence-corrected chi connectivity index (χ4v) is 1.72. The lowest BCUT2D eigenvalue weighted by Crippen LogP contribution is -1.96.